The van der Waals surface area contributed by atoms with Gasteiger partial charge in [-0.2, -0.15) is 0 Å². The zero-order valence-corrected chi connectivity index (χ0v) is 52.7. The van der Waals surface area contributed by atoms with E-state index in [-0.39, 0.29) is 79.5 Å². The molecule has 0 saturated heterocycles. The van der Waals surface area contributed by atoms with E-state index in [0.717, 1.165) is 57.8 Å². The Bertz CT molecular complexity index is 1470. The minimum atomic E-state index is -1.08. The predicted octanol–water partition coefficient (Wildman–Crippen LogP) is 13.7. The lowest BCUT2D eigenvalue weighted by atomic mass is 9.94. The van der Waals surface area contributed by atoms with Gasteiger partial charge in [-0.05, 0) is 108 Å². The monoisotopic (exact) mass is 1190 g/mol. The molecule has 446 valence electrons. The van der Waals surface area contributed by atoms with Gasteiger partial charge in [0.1, 0.15) is 17.3 Å². The Labute approximate surface area is 483 Å². The third-order valence-electron chi connectivity index (χ3n) is 12.1. The van der Waals surface area contributed by atoms with Crippen LogP contribution >= 0.6 is 64.8 Å². The number of carboxylic acid groups (broad SMARTS) is 3. The van der Waals surface area contributed by atoms with Gasteiger partial charge >= 0.3 is 17.9 Å². The molecule has 0 spiro atoms. The van der Waals surface area contributed by atoms with Gasteiger partial charge in [-0.1, -0.05) is 155 Å². The van der Waals surface area contributed by atoms with Crippen LogP contribution in [0, 0.1) is 11.8 Å². The Morgan fingerprint density at radius 3 is 0.987 bits per heavy atom. The summed E-state index contributed by atoms with van der Waals surface area (Å²) in [6.45, 7) is 2.87. The van der Waals surface area contributed by atoms with E-state index in [1.807, 2.05) is 0 Å². The molecule has 15 nitrogen and oxygen atoms in total. The maximum absolute atomic E-state index is 12.5. The number of Topliss-reactive ketones (excluding diaryl/α,β-unsaturated/α-hetero) is 3. The molecule has 0 aromatic rings. The molecule has 0 fully saturated rings. The lowest BCUT2D eigenvalue weighted by molar-refractivity contribution is -0.144. The summed E-state index contributed by atoms with van der Waals surface area (Å²) in [4.78, 5) is 106. The average Bonchev–Trinajstić information content (AvgIpc) is 3.39. The number of nitrogens with one attached hydrogen (secondary N) is 3. The molecule has 0 aromatic heterocycles. The minimum absolute atomic E-state index is 0.00531. The Morgan fingerprint density at radius 1 is 0.329 bits per heavy atom. The van der Waals surface area contributed by atoms with Crippen molar-refractivity contribution in [2.24, 2.45) is 11.8 Å². The van der Waals surface area contributed by atoms with E-state index < -0.39 is 23.8 Å². The maximum Gasteiger partial charge on any atom is 0.306 e. The third-order valence-corrected chi connectivity index (χ3v) is 16.1. The highest BCUT2D eigenvalue weighted by molar-refractivity contribution is 8.76. The first-order valence-electron chi connectivity index (χ1n) is 27.7. The number of hydrogen-bond acceptors (Lipinski definition) is 15. The van der Waals surface area contributed by atoms with Crippen molar-refractivity contribution in [3.63, 3.8) is 0 Å². The van der Waals surface area contributed by atoms with Crippen LogP contribution in [-0.2, 0) is 43.2 Å². The number of ketones is 3. The molecular formula is C55H103N3O12S6. The topological polar surface area (TPSA) is 250 Å². The van der Waals surface area contributed by atoms with Crippen LogP contribution in [0.1, 0.15) is 225 Å². The Hall–Kier alpha value is -2.07. The normalized spacial score (nSPS) is 11.2. The molecule has 0 aromatic carbocycles. The Morgan fingerprint density at radius 2 is 0.632 bits per heavy atom. The first kappa shape index (κ1) is 80.4. The van der Waals surface area contributed by atoms with Crippen LogP contribution in [0.3, 0.4) is 0 Å². The summed E-state index contributed by atoms with van der Waals surface area (Å²) in [6.07, 6.45) is 35.6. The average molecular weight is 1190 g/mol. The zero-order chi connectivity index (χ0) is 57.9. The molecule has 0 aliphatic carbocycles. The number of rotatable bonds is 50. The number of carbonyl (C=O) groups is 9. The van der Waals surface area contributed by atoms with Gasteiger partial charge in [0.05, 0.1) is 11.8 Å². The molecule has 0 aliphatic rings. The van der Waals surface area contributed by atoms with E-state index in [2.05, 4.69) is 53.5 Å². The van der Waals surface area contributed by atoms with E-state index in [1.54, 1.807) is 71.7 Å². The molecule has 21 heteroatoms. The van der Waals surface area contributed by atoms with Gasteiger partial charge in [-0.25, -0.2) is 0 Å². The molecule has 6 N–H and O–H groups in total. The fourth-order valence-corrected chi connectivity index (χ4v) is 7.40. The standard InChI is InChI=1S/C49H85N3O12.3C2H6S2/c1-39(48(61)62)24-20-21-35-50-44(56)30-18-16-25-41(53)28-22-36-51-45(57)31-19-17-26-42(54)29-23-37-52-46(58)34-33-40(49(63)64)38-43(55)27-14-12-10-8-6-4-2-3-5-7-9-11-13-15-32-47(59)60;3*1-3-4-2/h39-40H,2-38H2,1H3,(H,50,56)(H,51,57)(H,52,58)(H,59,60)(H,61,62)(H,63,64);3*1-2H3/t39-,40+;;;/m0.../s1. The van der Waals surface area contributed by atoms with Crippen LogP contribution in [-0.4, -0.2) is 125 Å². The van der Waals surface area contributed by atoms with E-state index in [9.17, 15) is 48.3 Å². The Balaban J connectivity index is -0.00000193. The molecule has 3 amide bonds. The lowest BCUT2D eigenvalue weighted by Gasteiger charge is -2.12. The molecule has 0 heterocycles. The number of hydrogen-bond donors (Lipinski definition) is 6. The van der Waals surface area contributed by atoms with Crippen molar-refractivity contribution in [3.8, 4) is 0 Å². The van der Waals surface area contributed by atoms with E-state index in [4.69, 9.17) is 10.2 Å². The summed E-state index contributed by atoms with van der Waals surface area (Å²) in [5.74, 6) is -4.34. The molecule has 2 atom stereocenters. The SMILES string of the molecule is CSSC.CSSC.CSSC.C[C@@H](CCCCNC(=O)CCCCC(=O)CCCNC(=O)CCCCC(=O)CCCNC(=O)CC[C@H](CC(=O)CCCCCCCCCCCCCCCCC(=O)O)C(=O)O)C(=O)O. The number of amides is 3. The van der Waals surface area contributed by atoms with Crippen molar-refractivity contribution >= 4 is 118 Å². The molecule has 0 aliphatic heterocycles. The number of carbonyl (C=O) groups excluding carboxylic acids is 6. The highest BCUT2D eigenvalue weighted by Gasteiger charge is 2.22. The first-order chi connectivity index (χ1) is 36.4. The summed E-state index contributed by atoms with van der Waals surface area (Å²) in [6, 6.07) is 0. The molecule has 0 rings (SSSR count). The zero-order valence-electron chi connectivity index (χ0n) is 47.8. The molecular weight excluding hydrogens is 1090 g/mol. The quantitative estimate of drug-likeness (QED) is 0.0245. The summed E-state index contributed by atoms with van der Waals surface area (Å²) < 4.78 is 0. The summed E-state index contributed by atoms with van der Waals surface area (Å²) >= 11 is 0. The second-order valence-corrected chi connectivity index (χ2v) is 26.6. The first-order valence-corrected chi connectivity index (χ1v) is 36.6. The number of carboxylic acids is 3. The fraction of sp³-hybridized carbons (Fsp3) is 0.836. The van der Waals surface area contributed by atoms with E-state index in [1.165, 1.54) is 44.9 Å². The van der Waals surface area contributed by atoms with E-state index in [0.29, 0.717) is 96.7 Å². The van der Waals surface area contributed by atoms with Crippen molar-refractivity contribution in [2.45, 2.75) is 225 Å². The van der Waals surface area contributed by atoms with Crippen molar-refractivity contribution < 1.29 is 58.5 Å². The lowest BCUT2D eigenvalue weighted by Crippen LogP contribution is -2.27. The maximum atomic E-state index is 12.5. The summed E-state index contributed by atoms with van der Waals surface area (Å²) in [7, 11) is 10.6. The molecule has 0 radical (unpaired) electrons. The largest absolute Gasteiger partial charge is 0.481 e. The van der Waals surface area contributed by atoms with Crippen LogP contribution in [0.4, 0.5) is 0 Å². The van der Waals surface area contributed by atoms with Gasteiger partial charge < -0.3 is 31.3 Å². The number of aliphatic carboxylic acids is 3. The smallest absolute Gasteiger partial charge is 0.306 e. The van der Waals surface area contributed by atoms with Gasteiger partial charge in [0.15, 0.2) is 0 Å². The molecule has 0 bridgehead atoms. The van der Waals surface area contributed by atoms with Crippen LogP contribution in [0.15, 0.2) is 0 Å². The third kappa shape index (κ3) is 68.0. The molecule has 76 heavy (non-hydrogen) atoms. The molecule has 0 saturated carbocycles. The van der Waals surface area contributed by atoms with Crippen LogP contribution in [0.5, 0.6) is 0 Å². The van der Waals surface area contributed by atoms with E-state index >= 15 is 0 Å². The highest BCUT2D eigenvalue weighted by Crippen LogP contribution is 2.18. The van der Waals surface area contributed by atoms with Gasteiger partial charge in [0.2, 0.25) is 17.7 Å². The molecule has 0 unspecified atom stereocenters. The van der Waals surface area contributed by atoms with Crippen molar-refractivity contribution in [2.75, 3.05) is 57.2 Å². The Kier molecular flexibility index (Phi) is 67.5. The summed E-state index contributed by atoms with van der Waals surface area (Å²) in [5.41, 5.74) is 0. The van der Waals surface area contributed by atoms with Gasteiger partial charge in [0, 0.05) is 83.8 Å². The predicted molar refractivity (Wildman–Crippen MR) is 328 cm³/mol. The van der Waals surface area contributed by atoms with Crippen LogP contribution in [0.25, 0.3) is 0 Å². The van der Waals surface area contributed by atoms with Crippen molar-refractivity contribution in [1.82, 2.24) is 16.0 Å². The van der Waals surface area contributed by atoms with Crippen LogP contribution < -0.4 is 16.0 Å². The number of unbranched alkanes of at least 4 members (excludes halogenated alkanes) is 16. The van der Waals surface area contributed by atoms with Gasteiger partial charge in [-0.15, -0.1) is 0 Å². The second-order valence-electron chi connectivity index (χ2n) is 18.6. The summed E-state index contributed by atoms with van der Waals surface area (Å²) in [5, 5.41) is 35.5. The van der Waals surface area contributed by atoms with Gasteiger partial charge in [0.25, 0.3) is 0 Å². The van der Waals surface area contributed by atoms with Crippen molar-refractivity contribution in [1.29, 1.82) is 0 Å². The van der Waals surface area contributed by atoms with Crippen LogP contribution in [0.2, 0.25) is 0 Å². The second kappa shape index (κ2) is 63.8. The fourth-order valence-electron chi connectivity index (χ4n) is 7.40. The van der Waals surface area contributed by atoms with Crippen molar-refractivity contribution in [3.05, 3.63) is 0 Å². The van der Waals surface area contributed by atoms with Gasteiger partial charge in [-0.3, -0.25) is 43.2 Å². The minimum Gasteiger partial charge on any atom is -0.481 e. The highest BCUT2D eigenvalue weighted by atomic mass is 33.1.